The number of nitrogens with one attached hydrogen (secondary N) is 1. The van der Waals surface area contributed by atoms with Crippen molar-refractivity contribution < 1.29 is 0 Å². The molecule has 4 rings (SSSR count). The molecule has 1 saturated heterocycles. The molecule has 2 aromatic carbocycles. The lowest BCUT2D eigenvalue weighted by molar-refractivity contribution is 0.454. The number of rotatable bonds is 4. The van der Waals surface area contributed by atoms with E-state index in [1.807, 2.05) is 6.21 Å². The van der Waals surface area contributed by atoms with Gasteiger partial charge in [0, 0.05) is 37.6 Å². The van der Waals surface area contributed by atoms with E-state index >= 15 is 0 Å². The minimum atomic E-state index is 0.556. The molecular weight excluding hydrogens is 282 g/mol. The first-order valence-electron chi connectivity index (χ1n) is 8.54. The molecule has 1 N–H and O–H groups in total. The van der Waals surface area contributed by atoms with E-state index in [0.29, 0.717) is 6.04 Å². The number of aryl methyl sites for hydroxylation is 1. The highest BCUT2D eigenvalue weighted by Gasteiger charge is 2.23. The molecule has 0 unspecified atom stereocenters. The monoisotopic (exact) mass is 305 g/mol. The lowest BCUT2D eigenvalue weighted by Crippen LogP contribution is -2.51. The largest absolute Gasteiger partial charge is 0.366 e. The van der Waals surface area contributed by atoms with E-state index in [1.165, 1.54) is 28.8 Å². The van der Waals surface area contributed by atoms with E-state index in [0.717, 1.165) is 32.6 Å². The second-order valence-electron chi connectivity index (χ2n) is 6.43. The van der Waals surface area contributed by atoms with Crippen molar-refractivity contribution in [2.75, 3.05) is 24.5 Å². The Balaban J connectivity index is 1.50. The molecule has 0 amide bonds. The van der Waals surface area contributed by atoms with Gasteiger partial charge in [0.15, 0.2) is 0 Å². The van der Waals surface area contributed by atoms with Crippen LogP contribution in [0.3, 0.4) is 0 Å². The van der Waals surface area contributed by atoms with Gasteiger partial charge in [0.25, 0.3) is 0 Å². The summed E-state index contributed by atoms with van der Waals surface area (Å²) in [5.41, 5.74) is 5.42. The van der Waals surface area contributed by atoms with Gasteiger partial charge in [-0.3, -0.25) is 4.99 Å². The van der Waals surface area contributed by atoms with Gasteiger partial charge in [-0.1, -0.05) is 36.4 Å². The van der Waals surface area contributed by atoms with Crippen LogP contribution in [0.15, 0.2) is 53.5 Å². The first-order valence-corrected chi connectivity index (χ1v) is 8.54. The third-order valence-electron chi connectivity index (χ3n) is 4.91. The summed E-state index contributed by atoms with van der Waals surface area (Å²) in [6, 6.07) is 18.2. The summed E-state index contributed by atoms with van der Waals surface area (Å²) < 4.78 is 0. The molecule has 23 heavy (non-hydrogen) atoms. The van der Waals surface area contributed by atoms with Crippen molar-refractivity contribution in [3.05, 3.63) is 65.2 Å². The maximum absolute atomic E-state index is 4.38. The van der Waals surface area contributed by atoms with E-state index < -0.39 is 0 Å². The van der Waals surface area contributed by atoms with Crippen molar-refractivity contribution in [2.24, 2.45) is 4.99 Å². The Hall–Kier alpha value is -2.13. The van der Waals surface area contributed by atoms with Gasteiger partial charge in [-0.15, -0.1) is 0 Å². The van der Waals surface area contributed by atoms with Gasteiger partial charge in [0.2, 0.25) is 0 Å². The molecule has 2 aliphatic rings. The summed E-state index contributed by atoms with van der Waals surface area (Å²) in [7, 11) is 0. The Bertz CT molecular complexity index is 693. The minimum Gasteiger partial charge on any atom is -0.366 e. The average Bonchev–Trinajstić information content (AvgIpc) is 3.09. The Kier molecular flexibility index (Phi) is 4.12. The normalized spacial score (nSPS) is 19.8. The molecule has 1 fully saturated rings. The summed E-state index contributed by atoms with van der Waals surface area (Å²) >= 11 is 0. The van der Waals surface area contributed by atoms with Gasteiger partial charge in [0.1, 0.15) is 0 Å². The summed E-state index contributed by atoms with van der Waals surface area (Å²) in [5.74, 6) is 0. The Morgan fingerprint density at radius 2 is 2.04 bits per heavy atom. The highest BCUT2D eigenvalue weighted by molar-refractivity contribution is 5.86. The van der Waals surface area contributed by atoms with Gasteiger partial charge in [-0.2, -0.15) is 0 Å². The SMILES string of the molecule is C1=NCc2ccc(N3CCNC[C@H]3CCc3ccccc3)cc21. The van der Waals surface area contributed by atoms with E-state index in [1.54, 1.807) is 0 Å². The first kappa shape index (κ1) is 14.5. The molecule has 0 radical (unpaired) electrons. The quantitative estimate of drug-likeness (QED) is 0.940. The molecule has 3 heteroatoms. The lowest BCUT2D eigenvalue weighted by atomic mass is 10.0. The maximum Gasteiger partial charge on any atom is 0.0646 e. The van der Waals surface area contributed by atoms with Gasteiger partial charge in [-0.05, 0) is 41.7 Å². The molecule has 0 aliphatic carbocycles. The fourth-order valence-electron chi connectivity index (χ4n) is 3.60. The highest BCUT2D eigenvalue weighted by atomic mass is 15.2. The maximum atomic E-state index is 4.38. The highest BCUT2D eigenvalue weighted by Crippen LogP contribution is 2.25. The fourth-order valence-corrected chi connectivity index (χ4v) is 3.60. The standard InChI is InChI=1S/C20H23N3/c1-2-4-16(5-3-1)6-8-20-15-21-10-11-23(20)19-9-7-17-13-22-14-18(17)12-19/h1-5,7,9,12,14,20-21H,6,8,10-11,13,15H2/t20-/m1/s1. The third-order valence-corrected chi connectivity index (χ3v) is 4.91. The molecule has 2 heterocycles. The van der Waals surface area contributed by atoms with Crippen molar-refractivity contribution in [3.8, 4) is 0 Å². The number of hydrogen-bond donors (Lipinski definition) is 1. The van der Waals surface area contributed by atoms with Gasteiger partial charge < -0.3 is 10.2 Å². The number of nitrogens with zero attached hydrogens (tertiary/aromatic N) is 2. The zero-order valence-electron chi connectivity index (χ0n) is 13.4. The number of benzene rings is 2. The average molecular weight is 305 g/mol. The van der Waals surface area contributed by atoms with Crippen LogP contribution in [0.4, 0.5) is 5.69 Å². The van der Waals surface area contributed by atoms with Crippen LogP contribution in [0.1, 0.15) is 23.1 Å². The molecule has 1 atom stereocenters. The molecule has 2 aromatic rings. The van der Waals surface area contributed by atoms with Crippen LogP contribution in [0, 0.1) is 0 Å². The van der Waals surface area contributed by atoms with Gasteiger partial charge >= 0.3 is 0 Å². The van der Waals surface area contributed by atoms with E-state index in [9.17, 15) is 0 Å². The van der Waals surface area contributed by atoms with Crippen molar-refractivity contribution in [1.82, 2.24) is 5.32 Å². The van der Waals surface area contributed by atoms with Crippen LogP contribution in [-0.4, -0.2) is 31.9 Å². The van der Waals surface area contributed by atoms with Crippen molar-refractivity contribution in [3.63, 3.8) is 0 Å². The molecule has 0 spiro atoms. The Labute approximate surface area is 138 Å². The van der Waals surface area contributed by atoms with Gasteiger partial charge in [-0.25, -0.2) is 0 Å². The summed E-state index contributed by atoms with van der Waals surface area (Å²) in [4.78, 5) is 6.95. The first-order chi connectivity index (χ1) is 11.4. The smallest absolute Gasteiger partial charge is 0.0646 e. The number of hydrogen-bond acceptors (Lipinski definition) is 3. The summed E-state index contributed by atoms with van der Waals surface area (Å²) in [6.07, 6.45) is 4.33. The van der Waals surface area contributed by atoms with E-state index in [2.05, 4.69) is 63.7 Å². The van der Waals surface area contributed by atoms with Crippen LogP contribution < -0.4 is 10.2 Å². The molecule has 0 saturated carbocycles. The van der Waals surface area contributed by atoms with E-state index in [4.69, 9.17) is 0 Å². The number of anilines is 1. The Morgan fingerprint density at radius 1 is 1.13 bits per heavy atom. The minimum absolute atomic E-state index is 0.556. The zero-order chi connectivity index (χ0) is 15.5. The predicted octanol–water partition coefficient (Wildman–Crippen LogP) is 3.03. The molecule has 2 aliphatic heterocycles. The molecule has 118 valence electrons. The lowest BCUT2D eigenvalue weighted by Gasteiger charge is -2.38. The van der Waals surface area contributed by atoms with Crippen LogP contribution in [0.25, 0.3) is 0 Å². The summed E-state index contributed by atoms with van der Waals surface area (Å²) in [5, 5.41) is 3.56. The van der Waals surface area contributed by atoms with Crippen molar-refractivity contribution in [2.45, 2.75) is 25.4 Å². The number of aliphatic imine (C=N–C) groups is 1. The van der Waals surface area contributed by atoms with Crippen LogP contribution in [0.2, 0.25) is 0 Å². The van der Waals surface area contributed by atoms with E-state index in [-0.39, 0.29) is 0 Å². The topological polar surface area (TPSA) is 27.6 Å². The second-order valence-corrected chi connectivity index (χ2v) is 6.43. The second kappa shape index (κ2) is 6.55. The van der Waals surface area contributed by atoms with Crippen LogP contribution in [0.5, 0.6) is 0 Å². The summed E-state index contributed by atoms with van der Waals surface area (Å²) in [6.45, 7) is 4.05. The van der Waals surface area contributed by atoms with Crippen LogP contribution >= 0.6 is 0 Å². The van der Waals surface area contributed by atoms with Crippen LogP contribution in [-0.2, 0) is 13.0 Å². The number of piperazine rings is 1. The fraction of sp³-hybridized carbons (Fsp3) is 0.350. The molecular formula is C20H23N3. The predicted molar refractivity (Wildman–Crippen MR) is 96.5 cm³/mol. The molecule has 0 bridgehead atoms. The third kappa shape index (κ3) is 3.15. The zero-order valence-corrected chi connectivity index (χ0v) is 13.4. The number of fused-ring (bicyclic) bond motifs is 1. The van der Waals surface area contributed by atoms with Crippen molar-refractivity contribution in [1.29, 1.82) is 0 Å². The molecule has 3 nitrogen and oxygen atoms in total. The van der Waals surface area contributed by atoms with Gasteiger partial charge in [0.05, 0.1) is 6.54 Å². The van der Waals surface area contributed by atoms with Crippen molar-refractivity contribution >= 4 is 11.9 Å². The molecule has 0 aromatic heterocycles. The Morgan fingerprint density at radius 3 is 2.96 bits per heavy atom.